The third kappa shape index (κ3) is 7.23. The minimum Gasteiger partial charge on any atom is -0.356 e. The zero-order valence-electron chi connectivity index (χ0n) is 13.4. The molecule has 0 aliphatic heterocycles. The first kappa shape index (κ1) is 17.6. The molecule has 1 atom stereocenters. The molecule has 0 aromatic heterocycles. The maximum Gasteiger partial charge on any atom is 0.220 e. The number of amides is 1. The molecular formula is C17H27FN2O. The van der Waals surface area contributed by atoms with E-state index in [9.17, 15) is 9.18 Å². The summed E-state index contributed by atoms with van der Waals surface area (Å²) in [5.41, 5.74) is 1.04. The van der Waals surface area contributed by atoms with Gasteiger partial charge in [0.2, 0.25) is 5.91 Å². The van der Waals surface area contributed by atoms with Crippen LogP contribution in [-0.2, 0) is 4.79 Å². The van der Waals surface area contributed by atoms with Crippen LogP contribution < -0.4 is 5.32 Å². The summed E-state index contributed by atoms with van der Waals surface area (Å²) >= 11 is 0. The van der Waals surface area contributed by atoms with E-state index in [1.54, 1.807) is 12.1 Å². The fourth-order valence-corrected chi connectivity index (χ4v) is 2.39. The van der Waals surface area contributed by atoms with E-state index in [1.807, 2.05) is 14.1 Å². The van der Waals surface area contributed by atoms with Crippen LogP contribution in [0.25, 0.3) is 0 Å². The number of carbonyl (C=O) groups excluding carboxylic acids is 1. The lowest BCUT2D eigenvalue weighted by molar-refractivity contribution is -0.121. The van der Waals surface area contributed by atoms with Crippen LogP contribution in [-0.4, -0.2) is 38.0 Å². The number of nitrogens with zero attached hydrogens (tertiary/aromatic N) is 1. The summed E-state index contributed by atoms with van der Waals surface area (Å²) in [5.74, 6) is 0.0168. The van der Waals surface area contributed by atoms with E-state index in [0.717, 1.165) is 31.4 Å². The molecule has 0 radical (unpaired) electrons. The number of hydrogen-bond acceptors (Lipinski definition) is 2. The van der Waals surface area contributed by atoms with Gasteiger partial charge in [0.05, 0.1) is 0 Å². The number of benzene rings is 1. The summed E-state index contributed by atoms with van der Waals surface area (Å²) in [6.07, 6.45) is 3.38. The predicted molar refractivity (Wildman–Crippen MR) is 84.8 cm³/mol. The number of carbonyl (C=O) groups is 1. The van der Waals surface area contributed by atoms with Crippen molar-refractivity contribution in [3.05, 3.63) is 35.6 Å². The molecule has 118 valence electrons. The monoisotopic (exact) mass is 294 g/mol. The second-order valence-electron chi connectivity index (χ2n) is 5.75. The van der Waals surface area contributed by atoms with Crippen LogP contribution in [0.3, 0.4) is 0 Å². The third-order valence-electron chi connectivity index (χ3n) is 3.51. The normalized spacial score (nSPS) is 12.4. The minimum atomic E-state index is -0.234. The first-order valence-electron chi connectivity index (χ1n) is 7.69. The molecule has 1 amide bonds. The molecule has 0 aliphatic carbocycles. The smallest absolute Gasteiger partial charge is 0.220 e. The van der Waals surface area contributed by atoms with Crippen LogP contribution in [0.5, 0.6) is 0 Å². The van der Waals surface area contributed by atoms with Gasteiger partial charge in [0.1, 0.15) is 5.82 Å². The van der Waals surface area contributed by atoms with Crippen molar-refractivity contribution in [2.24, 2.45) is 0 Å². The van der Waals surface area contributed by atoms with Crippen LogP contribution in [0.15, 0.2) is 24.3 Å². The zero-order valence-corrected chi connectivity index (χ0v) is 13.4. The van der Waals surface area contributed by atoms with Gasteiger partial charge in [-0.25, -0.2) is 4.39 Å². The Bertz CT molecular complexity index is 417. The molecule has 1 aromatic rings. The van der Waals surface area contributed by atoms with Crippen LogP contribution in [0.1, 0.15) is 44.1 Å². The highest BCUT2D eigenvalue weighted by atomic mass is 19.1. The van der Waals surface area contributed by atoms with E-state index in [0.29, 0.717) is 13.0 Å². The van der Waals surface area contributed by atoms with Gasteiger partial charge in [-0.2, -0.15) is 0 Å². The first-order valence-corrected chi connectivity index (χ1v) is 7.69. The quantitative estimate of drug-likeness (QED) is 0.710. The van der Waals surface area contributed by atoms with Crippen LogP contribution in [0.2, 0.25) is 0 Å². The van der Waals surface area contributed by atoms with Crippen molar-refractivity contribution in [1.82, 2.24) is 10.2 Å². The molecule has 0 saturated heterocycles. The van der Waals surface area contributed by atoms with E-state index in [4.69, 9.17) is 0 Å². The maximum atomic E-state index is 13.0. The van der Waals surface area contributed by atoms with Gasteiger partial charge >= 0.3 is 0 Å². The molecule has 1 N–H and O–H groups in total. The number of rotatable bonds is 9. The Balaban J connectivity index is 2.46. The standard InChI is InChI=1S/C17H27FN2O/c1-4-6-15(14-7-9-16(18)10-8-14)13-17(21)19-11-5-12-20(2)3/h7-10,15H,4-6,11-13H2,1-3H3,(H,19,21). The van der Waals surface area contributed by atoms with E-state index < -0.39 is 0 Å². The Morgan fingerprint density at radius 3 is 2.52 bits per heavy atom. The van der Waals surface area contributed by atoms with E-state index in [-0.39, 0.29) is 17.6 Å². The molecular weight excluding hydrogens is 267 g/mol. The lowest BCUT2D eigenvalue weighted by Crippen LogP contribution is -2.28. The number of nitrogens with one attached hydrogen (secondary N) is 1. The third-order valence-corrected chi connectivity index (χ3v) is 3.51. The van der Waals surface area contributed by atoms with Gasteiger partial charge in [-0.1, -0.05) is 25.5 Å². The van der Waals surface area contributed by atoms with E-state index in [1.165, 1.54) is 12.1 Å². The van der Waals surface area contributed by atoms with Gasteiger partial charge in [-0.05, 0) is 57.1 Å². The molecule has 1 rings (SSSR count). The predicted octanol–water partition coefficient (Wildman–Crippen LogP) is 3.17. The topological polar surface area (TPSA) is 32.3 Å². The summed E-state index contributed by atoms with van der Waals surface area (Å²) in [5, 5.41) is 2.97. The lowest BCUT2D eigenvalue weighted by atomic mass is 9.91. The molecule has 1 aromatic carbocycles. The van der Waals surface area contributed by atoms with Crippen LogP contribution in [0.4, 0.5) is 4.39 Å². The molecule has 3 nitrogen and oxygen atoms in total. The molecule has 0 fully saturated rings. The molecule has 0 heterocycles. The molecule has 0 bridgehead atoms. The van der Waals surface area contributed by atoms with Crippen LogP contribution in [0, 0.1) is 5.82 Å². The van der Waals surface area contributed by atoms with Crippen molar-refractivity contribution in [2.75, 3.05) is 27.2 Å². The summed E-state index contributed by atoms with van der Waals surface area (Å²) in [7, 11) is 4.04. The molecule has 0 spiro atoms. The van der Waals surface area contributed by atoms with Gasteiger partial charge in [0, 0.05) is 13.0 Å². The summed E-state index contributed by atoms with van der Waals surface area (Å²) in [6.45, 7) is 3.78. The SMILES string of the molecule is CCCC(CC(=O)NCCCN(C)C)c1ccc(F)cc1. The highest BCUT2D eigenvalue weighted by Crippen LogP contribution is 2.25. The Morgan fingerprint density at radius 2 is 1.95 bits per heavy atom. The van der Waals surface area contributed by atoms with E-state index >= 15 is 0 Å². The fourth-order valence-electron chi connectivity index (χ4n) is 2.39. The van der Waals surface area contributed by atoms with Gasteiger partial charge < -0.3 is 10.2 Å². The van der Waals surface area contributed by atoms with Crippen molar-refractivity contribution in [3.8, 4) is 0 Å². The van der Waals surface area contributed by atoms with Gasteiger partial charge in [-0.15, -0.1) is 0 Å². The van der Waals surface area contributed by atoms with Crippen molar-refractivity contribution >= 4 is 5.91 Å². The first-order chi connectivity index (χ1) is 10.0. The average molecular weight is 294 g/mol. The summed E-state index contributed by atoms with van der Waals surface area (Å²) in [6, 6.07) is 6.50. The van der Waals surface area contributed by atoms with Crippen molar-refractivity contribution in [2.45, 2.75) is 38.5 Å². The molecule has 0 saturated carbocycles. The van der Waals surface area contributed by atoms with Crippen LogP contribution >= 0.6 is 0 Å². The van der Waals surface area contributed by atoms with Gasteiger partial charge in [0.25, 0.3) is 0 Å². The fraction of sp³-hybridized carbons (Fsp3) is 0.588. The van der Waals surface area contributed by atoms with Gasteiger partial charge in [0.15, 0.2) is 0 Å². The Kier molecular flexibility index (Phi) is 7.98. The van der Waals surface area contributed by atoms with Crippen molar-refractivity contribution in [1.29, 1.82) is 0 Å². The highest BCUT2D eigenvalue weighted by Gasteiger charge is 2.15. The maximum absolute atomic E-state index is 13.0. The lowest BCUT2D eigenvalue weighted by Gasteiger charge is -2.17. The Hall–Kier alpha value is -1.42. The largest absolute Gasteiger partial charge is 0.356 e. The molecule has 1 unspecified atom stereocenters. The summed E-state index contributed by atoms with van der Waals surface area (Å²) < 4.78 is 13.0. The minimum absolute atomic E-state index is 0.0801. The zero-order chi connectivity index (χ0) is 15.7. The number of halogens is 1. The second-order valence-corrected chi connectivity index (χ2v) is 5.75. The molecule has 0 aliphatic rings. The van der Waals surface area contributed by atoms with Crippen molar-refractivity contribution < 1.29 is 9.18 Å². The second kappa shape index (κ2) is 9.50. The average Bonchev–Trinajstić information content (AvgIpc) is 2.44. The Morgan fingerprint density at radius 1 is 1.29 bits per heavy atom. The molecule has 21 heavy (non-hydrogen) atoms. The number of hydrogen-bond donors (Lipinski definition) is 1. The summed E-state index contributed by atoms with van der Waals surface area (Å²) in [4.78, 5) is 14.1. The van der Waals surface area contributed by atoms with Crippen molar-refractivity contribution in [3.63, 3.8) is 0 Å². The highest BCUT2D eigenvalue weighted by molar-refractivity contribution is 5.76. The molecule has 4 heteroatoms. The Labute approximate surface area is 127 Å². The van der Waals surface area contributed by atoms with E-state index in [2.05, 4.69) is 17.1 Å². The van der Waals surface area contributed by atoms with Gasteiger partial charge in [-0.3, -0.25) is 4.79 Å².